The molecule has 0 aliphatic heterocycles. The van der Waals surface area contributed by atoms with Crippen molar-refractivity contribution in [1.29, 1.82) is 0 Å². The normalized spacial score (nSPS) is 11.6. The molecule has 7 heteroatoms. The Hall–Kier alpha value is -2.60. The second-order valence-corrected chi connectivity index (χ2v) is 5.70. The predicted octanol–water partition coefficient (Wildman–Crippen LogP) is 4.10. The third kappa shape index (κ3) is 4.70. The van der Waals surface area contributed by atoms with E-state index < -0.39 is 17.8 Å². The Morgan fingerprint density at radius 3 is 2.48 bits per heavy atom. The quantitative estimate of drug-likeness (QED) is 0.783. The summed E-state index contributed by atoms with van der Waals surface area (Å²) in [4.78, 5) is 23.7. The molecule has 2 aromatic rings. The standard InChI is InChI=1S/C18H17ClFNO4/c1-10(22)12-4-7-16(17(8-12)24-3)25-11(2)18(23)21-15-6-5-13(20)9-14(15)19/h4-9,11H,1-3H3,(H,21,23)/t11-/m1/s1. The van der Waals surface area contributed by atoms with Crippen LogP contribution >= 0.6 is 11.6 Å². The molecule has 25 heavy (non-hydrogen) atoms. The lowest BCUT2D eigenvalue weighted by Gasteiger charge is -2.17. The fraction of sp³-hybridized carbons (Fsp3) is 0.222. The number of hydrogen-bond acceptors (Lipinski definition) is 4. The Labute approximate surface area is 149 Å². The van der Waals surface area contributed by atoms with Crippen LogP contribution < -0.4 is 14.8 Å². The van der Waals surface area contributed by atoms with E-state index in [1.54, 1.807) is 25.1 Å². The van der Waals surface area contributed by atoms with Crippen LogP contribution in [0.3, 0.4) is 0 Å². The number of carbonyl (C=O) groups is 2. The van der Waals surface area contributed by atoms with Gasteiger partial charge in [0.15, 0.2) is 23.4 Å². The predicted molar refractivity (Wildman–Crippen MR) is 93.1 cm³/mol. The number of rotatable bonds is 6. The molecular formula is C18H17ClFNO4. The minimum atomic E-state index is -0.877. The van der Waals surface area contributed by atoms with Crippen LogP contribution in [-0.4, -0.2) is 24.9 Å². The van der Waals surface area contributed by atoms with Gasteiger partial charge in [-0.3, -0.25) is 9.59 Å². The van der Waals surface area contributed by atoms with Gasteiger partial charge in [0.1, 0.15) is 5.82 Å². The molecule has 0 fully saturated rings. The monoisotopic (exact) mass is 365 g/mol. The number of methoxy groups -OCH3 is 1. The van der Waals surface area contributed by atoms with Crippen LogP contribution in [0.15, 0.2) is 36.4 Å². The Balaban J connectivity index is 2.11. The number of ketones is 1. The Kier molecular flexibility index (Phi) is 5.98. The number of nitrogens with one attached hydrogen (secondary N) is 1. The molecule has 0 bridgehead atoms. The maximum absolute atomic E-state index is 13.0. The lowest BCUT2D eigenvalue weighted by molar-refractivity contribution is -0.122. The van der Waals surface area contributed by atoms with Gasteiger partial charge in [-0.15, -0.1) is 0 Å². The fourth-order valence-electron chi connectivity index (χ4n) is 2.05. The highest BCUT2D eigenvalue weighted by molar-refractivity contribution is 6.33. The van der Waals surface area contributed by atoms with Crippen LogP contribution in [-0.2, 0) is 4.79 Å². The van der Waals surface area contributed by atoms with Gasteiger partial charge in [0.05, 0.1) is 17.8 Å². The molecule has 1 N–H and O–H groups in total. The largest absolute Gasteiger partial charge is 0.493 e. The third-order valence-corrected chi connectivity index (χ3v) is 3.74. The highest BCUT2D eigenvalue weighted by atomic mass is 35.5. The van der Waals surface area contributed by atoms with Gasteiger partial charge < -0.3 is 14.8 Å². The number of benzene rings is 2. The SMILES string of the molecule is COc1cc(C(C)=O)ccc1O[C@H](C)C(=O)Nc1ccc(F)cc1Cl. The van der Waals surface area contributed by atoms with Gasteiger partial charge in [-0.05, 0) is 50.2 Å². The van der Waals surface area contributed by atoms with E-state index in [2.05, 4.69) is 5.32 Å². The van der Waals surface area contributed by atoms with Gasteiger partial charge in [0.2, 0.25) is 0 Å². The summed E-state index contributed by atoms with van der Waals surface area (Å²) in [6, 6.07) is 8.35. The highest BCUT2D eigenvalue weighted by Crippen LogP contribution is 2.29. The Morgan fingerprint density at radius 1 is 1.16 bits per heavy atom. The molecule has 1 atom stereocenters. The van der Waals surface area contributed by atoms with E-state index in [0.717, 1.165) is 6.07 Å². The molecule has 0 spiro atoms. The summed E-state index contributed by atoms with van der Waals surface area (Å²) in [5.41, 5.74) is 0.752. The van der Waals surface area contributed by atoms with Gasteiger partial charge in [-0.1, -0.05) is 11.6 Å². The second-order valence-electron chi connectivity index (χ2n) is 5.30. The van der Waals surface area contributed by atoms with Crippen LogP contribution in [0.2, 0.25) is 5.02 Å². The van der Waals surface area contributed by atoms with Crippen molar-refractivity contribution in [2.45, 2.75) is 20.0 Å². The fourth-order valence-corrected chi connectivity index (χ4v) is 2.27. The number of amides is 1. The van der Waals surface area contributed by atoms with Crippen LogP contribution in [0.25, 0.3) is 0 Å². The van der Waals surface area contributed by atoms with Crippen LogP contribution in [0, 0.1) is 5.82 Å². The molecule has 2 aromatic carbocycles. The average molecular weight is 366 g/mol. The molecule has 0 aliphatic carbocycles. The Bertz CT molecular complexity index is 810. The van der Waals surface area contributed by atoms with E-state index in [-0.39, 0.29) is 16.5 Å². The minimum absolute atomic E-state index is 0.0870. The molecule has 0 saturated carbocycles. The van der Waals surface area contributed by atoms with Crippen molar-refractivity contribution < 1.29 is 23.5 Å². The first-order chi connectivity index (χ1) is 11.8. The molecule has 1 amide bonds. The van der Waals surface area contributed by atoms with Gasteiger partial charge >= 0.3 is 0 Å². The third-order valence-electron chi connectivity index (χ3n) is 3.43. The molecule has 0 heterocycles. The van der Waals surface area contributed by atoms with Crippen LogP contribution in [0.5, 0.6) is 11.5 Å². The molecule has 2 rings (SSSR count). The van der Waals surface area contributed by atoms with Gasteiger partial charge in [-0.2, -0.15) is 0 Å². The molecule has 0 aromatic heterocycles. The summed E-state index contributed by atoms with van der Waals surface area (Å²) in [5.74, 6) is -0.414. The van der Waals surface area contributed by atoms with E-state index in [1.807, 2.05) is 0 Å². The number of Topliss-reactive ketones (excluding diaryl/α,β-unsaturated/α-hetero) is 1. The number of carbonyl (C=O) groups excluding carboxylic acids is 2. The van der Waals surface area contributed by atoms with E-state index >= 15 is 0 Å². The van der Waals surface area contributed by atoms with Crippen molar-refractivity contribution in [2.75, 3.05) is 12.4 Å². The minimum Gasteiger partial charge on any atom is -0.493 e. The van der Waals surface area contributed by atoms with Crippen molar-refractivity contribution in [3.63, 3.8) is 0 Å². The summed E-state index contributed by atoms with van der Waals surface area (Å²) in [5, 5.41) is 2.65. The van der Waals surface area contributed by atoms with Crippen molar-refractivity contribution >= 4 is 29.0 Å². The number of ether oxygens (including phenoxy) is 2. The molecular weight excluding hydrogens is 349 g/mol. The lowest BCUT2D eigenvalue weighted by atomic mass is 10.1. The van der Waals surface area contributed by atoms with Crippen LogP contribution in [0.4, 0.5) is 10.1 Å². The highest BCUT2D eigenvalue weighted by Gasteiger charge is 2.19. The van der Waals surface area contributed by atoms with E-state index in [4.69, 9.17) is 21.1 Å². The zero-order valence-corrected chi connectivity index (χ0v) is 14.7. The summed E-state index contributed by atoms with van der Waals surface area (Å²) in [7, 11) is 1.44. The molecule has 0 aliphatic rings. The van der Waals surface area contributed by atoms with Crippen molar-refractivity contribution in [1.82, 2.24) is 0 Å². The molecule has 0 radical (unpaired) electrons. The maximum Gasteiger partial charge on any atom is 0.265 e. The second kappa shape index (κ2) is 7.98. The summed E-state index contributed by atoms with van der Waals surface area (Å²) in [6.07, 6.45) is -0.877. The number of hydrogen-bond donors (Lipinski definition) is 1. The maximum atomic E-state index is 13.0. The topological polar surface area (TPSA) is 64.6 Å². The van der Waals surface area contributed by atoms with Crippen LogP contribution in [0.1, 0.15) is 24.2 Å². The molecule has 0 saturated heterocycles. The molecule has 0 unspecified atom stereocenters. The summed E-state index contributed by atoms with van der Waals surface area (Å²) < 4.78 is 23.8. The first kappa shape index (κ1) is 18.7. The molecule has 132 valence electrons. The van der Waals surface area contributed by atoms with Gasteiger partial charge in [0, 0.05) is 5.56 Å². The van der Waals surface area contributed by atoms with E-state index in [9.17, 15) is 14.0 Å². The van der Waals surface area contributed by atoms with Crippen molar-refractivity contribution in [3.8, 4) is 11.5 Å². The first-order valence-corrected chi connectivity index (χ1v) is 7.81. The van der Waals surface area contributed by atoms with Gasteiger partial charge in [0.25, 0.3) is 5.91 Å². The zero-order chi connectivity index (χ0) is 18.6. The summed E-state index contributed by atoms with van der Waals surface area (Å²) >= 11 is 5.89. The Morgan fingerprint density at radius 2 is 1.88 bits per heavy atom. The number of anilines is 1. The van der Waals surface area contributed by atoms with Gasteiger partial charge in [-0.25, -0.2) is 4.39 Å². The van der Waals surface area contributed by atoms with Crippen molar-refractivity contribution in [3.05, 3.63) is 52.8 Å². The average Bonchev–Trinajstić information content (AvgIpc) is 2.57. The lowest BCUT2D eigenvalue weighted by Crippen LogP contribution is -2.30. The molecule has 5 nitrogen and oxygen atoms in total. The smallest absolute Gasteiger partial charge is 0.265 e. The number of halogens is 2. The van der Waals surface area contributed by atoms with E-state index in [0.29, 0.717) is 17.1 Å². The van der Waals surface area contributed by atoms with E-state index in [1.165, 1.54) is 26.2 Å². The van der Waals surface area contributed by atoms with Crippen molar-refractivity contribution in [2.24, 2.45) is 0 Å². The first-order valence-electron chi connectivity index (χ1n) is 7.43. The zero-order valence-electron chi connectivity index (χ0n) is 13.9. The summed E-state index contributed by atoms with van der Waals surface area (Å²) in [6.45, 7) is 2.99.